The number of benzene rings is 1. The van der Waals surface area contributed by atoms with Crippen LogP contribution in [0.25, 0.3) is 0 Å². The van der Waals surface area contributed by atoms with Gasteiger partial charge < -0.3 is 24.1 Å². The van der Waals surface area contributed by atoms with Gasteiger partial charge in [0.1, 0.15) is 25.1 Å². The Kier molecular flexibility index (Phi) is 9.91. The molecule has 0 saturated carbocycles. The van der Waals surface area contributed by atoms with Crippen LogP contribution in [0.5, 0.6) is 17.2 Å². The molecule has 136 valence electrons. The predicted octanol–water partition coefficient (Wildman–Crippen LogP) is 2.49. The van der Waals surface area contributed by atoms with E-state index in [1.807, 2.05) is 0 Å². The summed E-state index contributed by atoms with van der Waals surface area (Å²) >= 11 is 0. The molecule has 1 aromatic carbocycles. The van der Waals surface area contributed by atoms with Crippen LogP contribution >= 0.6 is 0 Å². The van der Waals surface area contributed by atoms with Crippen molar-refractivity contribution in [2.75, 3.05) is 26.9 Å². The summed E-state index contributed by atoms with van der Waals surface area (Å²) in [6.07, 6.45) is 2.57. The van der Waals surface area contributed by atoms with E-state index < -0.39 is 12.3 Å². The van der Waals surface area contributed by atoms with Crippen LogP contribution in [0.15, 0.2) is 30.9 Å². The highest BCUT2D eigenvalue weighted by Gasteiger charge is 2.18. The Hall–Kier alpha value is -1.76. The minimum atomic E-state index is -0.817. The van der Waals surface area contributed by atoms with Crippen LogP contribution in [0.3, 0.4) is 0 Å². The van der Waals surface area contributed by atoms with Gasteiger partial charge in [0.15, 0.2) is 17.7 Å². The smallest absolute Gasteiger partial charge is 0.174 e. The van der Waals surface area contributed by atoms with E-state index in [0.717, 1.165) is 12.8 Å². The summed E-state index contributed by atoms with van der Waals surface area (Å²) in [5.41, 5.74) is 5.93. The van der Waals surface area contributed by atoms with Crippen LogP contribution in [0.2, 0.25) is 0 Å². The quantitative estimate of drug-likeness (QED) is 0.326. The van der Waals surface area contributed by atoms with E-state index in [1.54, 1.807) is 31.4 Å². The highest BCUT2D eigenvalue weighted by atomic mass is 16.5. The van der Waals surface area contributed by atoms with E-state index >= 15 is 0 Å². The first kappa shape index (κ1) is 20.3. The van der Waals surface area contributed by atoms with Crippen molar-refractivity contribution in [2.24, 2.45) is 5.73 Å². The van der Waals surface area contributed by atoms with Gasteiger partial charge >= 0.3 is 0 Å². The van der Waals surface area contributed by atoms with Crippen LogP contribution in [0.4, 0.5) is 0 Å². The molecule has 0 aliphatic rings. The zero-order valence-electron chi connectivity index (χ0n) is 14.6. The first-order valence-corrected chi connectivity index (χ1v) is 8.22. The van der Waals surface area contributed by atoms with Crippen LogP contribution in [0, 0.1) is 0 Å². The largest absolute Gasteiger partial charge is 0.491 e. The zero-order chi connectivity index (χ0) is 17.8. The van der Waals surface area contributed by atoms with Gasteiger partial charge in [-0.05, 0) is 18.6 Å². The lowest BCUT2D eigenvalue weighted by molar-refractivity contribution is 0.0316. The molecular formula is C18H29NO5. The molecule has 24 heavy (non-hydrogen) atoms. The molecule has 2 unspecified atom stereocenters. The molecular weight excluding hydrogens is 310 g/mol. The van der Waals surface area contributed by atoms with Gasteiger partial charge in [0.2, 0.25) is 0 Å². The first-order valence-electron chi connectivity index (χ1n) is 8.22. The number of ether oxygens (including phenoxy) is 4. The van der Waals surface area contributed by atoms with Gasteiger partial charge in [-0.15, -0.1) is 0 Å². The second-order valence-corrected chi connectivity index (χ2v) is 5.34. The lowest BCUT2D eigenvalue weighted by atomic mass is 10.1. The van der Waals surface area contributed by atoms with Gasteiger partial charge in [0, 0.05) is 13.2 Å². The third-order valence-electron chi connectivity index (χ3n) is 3.32. The van der Waals surface area contributed by atoms with Crippen LogP contribution in [-0.2, 0) is 4.74 Å². The van der Waals surface area contributed by atoms with Crippen LogP contribution in [-0.4, -0.2) is 44.4 Å². The van der Waals surface area contributed by atoms with Gasteiger partial charge in [-0.25, -0.2) is 0 Å². The standard InChI is InChI=1S/C18H29NO5/c1-4-6-7-15(20)18(19)24-16-9-8-14(22-12-11-21-3)13-17(16)23-10-5-2/h5,8-9,13,15,18,20H,2,4,6-7,10-12,19H2,1,3H3. The van der Waals surface area contributed by atoms with E-state index in [1.165, 1.54) is 0 Å². The van der Waals surface area contributed by atoms with E-state index in [2.05, 4.69) is 13.5 Å². The van der Waals surface area contributed by atoms with E-state index in [-0.39, 0.29) is 0 Å². The molecule has 0 heterocycles. The summed E-state index contributed by atoms with van der Waals surface area (Å²) in [7, 11) is 1.62. The summed E-state index contributed by atoms with van der Waals surface area (Å²) in [5.74, 6) is 1.58. The molecule has 0 aromatic heterocycles. The number of hydrogen-bond acceptors (Lipinski definition) is 6. The number of rotatable bonds is 13. The molecule has 0 aliphatic heterocycles. The second kappa shape index (κ2) is 11.7. The molecule has 0 aliphatic carbocycles. The predicted molar refractivity (Wildman–Crippen MR) is 93.6 cm³/mol. The van der Waals surface area contributed by atoms with Crippen LogP contribution in [0.1, 0.15) is 26.2 Å². The van der Waals surface area contributed by atoms with E-state index in [0.29, 0.717) is 43.5 Å². The maximum absolute atomic E-state index is 10.0. The second-order valence-electron chi connectivity index (χ2n) is 5.34. The third kappa shape index (κ3) is 7.21. The fourth-order valence-corrected chi connectivity index (χ4v) is 1.98. The van der Waals surface area contributed by atoms with Crippen LogP contribution < -0.4 is 19.9 Å². The molecule has 0 bridgehead atoms. The summed E-state index contributed by atoms with van der Waals surface area (Å²) in [5, 5.41) is 10.0. The third-order valence-corrected chi connectivity index (χ3v) is 3.32. The Morgan fingerprint density at radius 1 is 1.25 bits per heavy atom. The molecule has 6 heteroatoms. The fourth-order valence-electron chi connectivity index (χ4n) is 1.98. The zero-order valence-corrected chi connectivity index (χ0v) is 14.6. The van der Waals surface area contributed by atoms with E-state index in [9.17, 15) is 5.11 Å². The van der Waals surface area contributed by atoms with Crippen molar-refractivity contribution in [2.45, 2.75) is 38.5 Å². The van der Waals surface area contributed by atoms with Gasteiger partial charge in [0.25, 0.3) is 0 Å². The molecule has 0 fully saturated rings. The van der Waals surface area contributed by atoms with Crippen molar-refractivity contribution in [3.05, 3.63) is 30.9 Å². The molecule has 6 nitrogen and oxygen atoms in total. The van der Waals surface area contributed by atoms with Crippen molar-refractivity contribution in [3.63, 3.8) is 0 Å². The normalized spacial score (nSPS) is 13.2. The lowest BCUT2D eigenvalue weighted by Crippen LogP contribution is -2.39. The number of hydrogen-bond donors (Lipinski definition) is 2. The Balaban J connectivity index is 2.77. The Morgan fingerprint density at radius 3 is 2.71 bits per heavy atom. The van der Waals surface area contributed by atoms with Crippen molar-refractivity contribution < 1.29 is 24.1 Å². The number of methoxy groups -OCH3 is 1. The molecule has 1 aromatic rings. The maximum Gasteiger partial charge on any atom is 0.174 e. The number of aliphatic hydroxyl groups is 1. The monoisotopic (exact) mass is 339 g/mol. The lowest BCUT2D eigenvalue weighted by Gasteiger charge is -2.22. The molecule has 0 spiro atoms. The molecule has 1 rings (SSSR count). The van der Waals surface area contributed by atoms with Gasteiger partial charge in [-0.3, -0.25) is 5.73 Å². The molecule has 0 amide bonds. The van der Waals surface area contributed by atoms with Gasteiger partial charge in [-0.1, -0.05) is 32.4 Å². The molecule has 0 radical (unpaired) electrons. The number of unbranched alkanes of at least 4 members (excludes halogenated alkanes) is 1. The first-order chi connectivity index (χ1) is 11.6. The van der Waals surface area contributed by atoms with Gasteiger partial charge in [0.05, 0.1) is 6.61 Å². The minimum Gasteiger partial charge on any atom is -0.491 e. The molecule has 2 atom stereocenters. The summed E-state index contributed by atoms with van der Waals surface area (Å²) in [4.78, 5) is 0. The Labute approximate surface area is 144 Å². The average Bonchev–Trinajstić information content (AvgIpc) is 2.59. The minimum absolute atomic E-state index is 0.325. The van der Waals surface area contributed by atoms with Gasteiger partial charge in [-0.2, -0.15) is 0 Å². The summed E-state index contributed by atoms with van der Waals surface area (Å²) in [6.45, 7) is 6.95. The number of aliphatic hydroxyl groups excluding tert-OH is 1. The topological polar surface area (TPSA) is 83.2 Å². The fraction of sp³-hybridized carbons (Fsp3) is 0.556. The average molecular weight is 339 g/mol. The SMILES string of the molecule is C=CCOc1cc(OCCOC)ccc1OC(N)C(O)CCCC. The Bertz CT molecular complexity index is 480. The summed E-state index contributed by atoms with van der Waals surface area (Å²) < 4.78 is 21.8. The van der Waals surface area contributed by atoms with Crippen molar-refractivity contribution >= 4 is 0 Å². The van der Waals surface area contributed by atoms with Crippen molar-refractivity contribution in [3.8, 4) is 17.2 Å². The summed E-state index contributed by atoms with van der Waals surface area (Å²) in [6, 6.07) is 5.20. The Morgan fingerprint density at radius 2 is 2.04 bits per heavy atom. The molecule has 0 saturated heterocycles. The highest BCUT2D eigenvalue weighted by Crippen LogP contribution is 2.32. The van der Waals surface area contributed by atoms with E-state index in [4.69, 9.17) is 24.7 Å². The number of nitrogens with two attached hydrogens (primary N) is 1. The van der Waals surface area contributed by atoms with Crippen molar-refractivity contribution in [1.82, 2.24) is 0 Å². The molecule has 3 N–H and O–H groups in total. The van der Waals surface area contributed by atoms with Crippen molar-refractivity contribution in [1.29, 1.82) is 0 Å². The highest BCUT2D eigenvalue weighted by molar-refractivity contribution is 5.45. The maximum atomic E-state index is 10.0.